The summed E-state index contributed by atoms with van der Waals surface area (Å²) in [6, 6.07) is 18.6. The Morgan fingerprint density at radius 3 is 2.48 bits per heavy atom. The molecule has 0 unspecified atom stereocenters. The summed E-state index contributed by atoms with van der Waals surface area (Å²) in [5.74, 6) is 1.67. The second-order valence-corrected chi connectivity index (χ2v) is 9.32. The summed E-state index contributed by atoms with van der Waals surface area (Å²) in [5, 5.41) is 10.1. The van der Waals surface area contributed by atoms with Crippen molar-refractivity contribution < 1.29 is 0 Å². The molecule has 2 N–H and O–H groups in total. The van der Waals surface area contributed by atoms with Gasteiger partial charge in [-0.2, -0.15) is 4.98 Å². The van der Waals surface area contributed by atoms with Gasteiger partial charge in [-0.15, -0.1) is 0 Å². The second kappa shape index (κ2) is 9.40. The number of para-hydroxylation sites is 1. The van der Waals surface area contributed by atoms with Gasteiger partial charge in [0.2, 0.25) is 5.95 Å². The van der Waals surface area contributed by atoms with E-state index in [4.69, 9.17) is 0 Å². The molecule has 0 spiro atoms. The third-order valence-corrected chi connectivity index (χ3v) is 6.91. The largest absolute Gasteiger partial charge is 0.363 e. The van der Waals surface area contributed by atoms with Crippen molar-refractivity contribution in [3.8, 4) is 0 Å². The van der Waals surface area contributed by atoms with Crippen LogP contribution in [0.4, 0.5) is 11.8 Å². The highest BCUT2D eigenvalue weighted by molar-refractivity contribution is 6.08. The third-order valence-electron chi connectivity index (χ3n) is 6.91. The fourth-order valence-corrected chi connectivity index (χ4v) is 5.11. The van der Waals surface area contributed by atoms with Crippen molar-refractivity contribution in [2.45, 2.75) is 57.8 Å². The molecular formula is C27H34N6. The number of anilines is 2. The number of benzene rings is 2. The van der Waals surface area contributed by atoms with E-state index in [-0.39, 0.29) is 0 Å². The molecule has 0 bridgehead atoms. The first-order valence-electron chi connectivity index (χ1n) is 12.1. The van der Waals surface area contributed by atoms with Crippen LogP contribution in [0.1, 0.15) is 38.2 Å². The monoisotopic (exact) mass is 442 g/mol. The molecule has 33 heavy (non-hydrogen) atoms. The van der Waals surface area contributed by atoms with Gasteiger partial charge >= 0.3 is 0 Å². The minimum atomic E-state index is 0.442. The Balaban J connectivity index is 1.19. The van der Waals surface area contributed by atoms with Crippen LogP contribution >= 0.6 is 0 Å². The molecule has 0 radical (unpaired) electrons. The number of rotatable bonds is 7. The molecule has 6 heteroatoms. The molecule has 2 aromatic carbocycles. The van der Waals surface area contributed by atoms with Crippen molar-refractivity contribution in [1.29, 1.82) is 0 Å². The van der Waals surface area contributed by atoms with Crippen LogP contribution in [-0.2, 0) is 13.1 Å². The Morgan fingerprint density at radius 1 is 0.939 bits per heavy atom. The normalized spacial score (nSPS) is 18.6. The van der Waals surface area contributed by atoms with Gasteiger partial charge in [0, 0.05) is 67.3 Å². The predicted octanol–water partition coefficient (Wildman–Crippen LogP) is 5.18. The number of fused-ring (bicyclic) bond motifs is 3. The summed E-state index contributed by atoms with van der Waals surface area (Å²) in [7, 11) is 4.01. The average molecular weight is 443 g/mol. The molecule has 1 saturated carbocycles. The molecule has 0 atom stereocenters. The maximum atomic E-state index is 4.60. The van der Waals surface area contributed by atoms with E-state index in [0.717, 1.165) is 37.7 Å². The van der Waals surface area contributed by atoms with Gasteiger partial charge in [0.1, 0.15) is 5.82 Å². The summed E-state index contributed by atoms with van der Waals surface area (Å²) < 4.78 is 2.41. The van der Waals surface area contributed by atoms with Crippen molar-refractivity contribution in [3.63, 3.8) is 0 Å². The van der Waals surface area contributed by atoms with Crippen LogP contribution in [0.15, 0.2) is 54.7 Å². The maximum Gasteiger partial charge on any atom is 0.224 e. The summed E-state index contributed by atoms with van der Waals surface area (Å²) in [6.07, 6.45) is 6.43. The van der Waals surface area contributed by atoms with E-state index in [0.29, 0.717) is 12.1 Å². The number of hydrogen-bond donors (Lipinski definition) is 2. The zero-order valence-electron chi connectivity index (χ0n) is 19.9. The highest BCUT2D eigenvalue weighted by Gasteiger charge is 2.21. The maximum absolute atomic E-state index is 4.60. The number of nitrogens with zero attached hydrogens (tertiary/aromatic N) is 4. The van der Waals surface area contributed by atoms with Crippen LogP contribution in [0.2, 0.25) is 0 Å². The SMILES string of the molecule is CCn1c2ccccc2c2cc(CNC3CCC(Nc4nccc(N(C)C)n4)CC3)ccc21. The Kier molecular flexibility index (Phi) is 6.18. The number of aryl methyl sites for hydroxylation is 1. The van der Waals surface area contributed by atoms with Crippen LogP contribution in [0.3, 0.4) is 0 Å². The average Bonchev–Trinajstić information content (AvgIpc) is 3.17. The van der Waals surface area contributed by atoms with Crippen molar-refractivity contribution in [2.24, 2.45) is 0 Å². The lowest BCUT2D eigenvalue weighted by Gasteiger charge is -2.30. The van der Waals surface area contributed by atoms with Gasteiger partial charge in [-0.3, -0.25) is 0 Å². The molecule has 1 fully saturated rings. The first kappa shape index (κ1) is 21.7. The highest BCUT2D eigenvalue weighted by atomic mass is 15.2. The lowest BCUT2D eigenvalue weighted by molar-refractivity contribution is 0.352. The third kappa shape index (κ3) is 4.53. The fraction of sp³-hybridized carbons (Fsp3) is 0.407. The molecule has 5 rings (SSSR count). The molecule has 6 nitrogen and oxygen atoms in total. The molecule has 172 valence electrons. The molecular weight excluding hydrogens is 408 g/mol. The lowest BCUT2D eigenvalue weighted by Crippen LogP contribution is -2.36. The molecule has 0 aliphatic heterocycles. The Labute approximate surface area is 196 Å². The highest BCUT2D eigenvalue weighted by Crippen LogP contribution is 2.30. The summed E-state index contributed by atoms with van der Waals surface area (Å²) in [5.41, 5.74) is 4.01. The number of hydrogen-bond acceptors (Lipinski definition) is 5. The number of aromatic nitrogens is 3. The minimum absolute atomic E-state index is 0.442. The summed E-state index contributed by atoms with van der Waals surface area (Å²) in [6.45, 7) is 4.12. The van der Waals surface area contributed by atoms with Crippen LogP contribution < -0.4 is 15.5 Å². The van der Waals surface area contributed by atoms with E-state index in [1.807, 2.05) is 31.3 Å². The first-order chi connectivity index (χ1) is 16.1. The van der Waals surface area contributed by atoms with E-state index in [1.54, 1.807) is 0 Å². The molecule has 1 aliphatic rings. The van der Waals surface area contributed by atoms with Crippen molar-refractivity contribution in [3.05, 3.63) is 60.3 Å². The molecule has 0 saturated heterocycles. The van der Waals surface area contributed by atoms with Crippen molar-refractivity contribution in [2.75, 3.05) is 24.3 Å². The molecule has 0 amide bonds. The lowest BCUT2D eigenvalue weighted by atomic mass is 9.91. The van der Waals surface area contributed by atoms with E-state index in [9.17, 15) is 0 Å². The van der Waals surface area contributed by atoms with Crippen molar-refractivity contribution >= 4 is 33.6 Å². The van der Waals surface area contributed by atoms with Gasteiger partial charge in [0.25, 0.3) is 0 Å². The van der Waals surface area contributed by atoms with E-state index in [2.05, 4.69) is 74.6 Å². The summed E-state index contributed by atoms with van der Waals surface area (Å²) >= 11 is 0. The first-order valence-corrected chi connectivity index (χ1v) is 12.1. The Morgan fingerprint density at radius 2 is 1.70 bits per heavy atom. The van der Waals surface area contributed by atoms with Crippen molar-refractivity contribution in [1.82, 2.24) is 19.9 Å². The number of nitrogens with one attached hydrogen (secondary N) is 2. The molecule has 1 aliphatic carbocycles. The standard InChI is InChI=1S/C27H34N6/c1-4-33-24-8-6-5-7-22(24)23-17-19(9-14-25(23)33)18-29-20-10-12-21(13-11-20)30-27-28-16-15-26(31-27)32(2)3/h5-9,14-17,20-21,29H,4,10-13,18H2,1-3H3,(H,28,30,31). The van der Waals surface area contributed by atoms with Crippen LogP contribution in [0.5, 0.6) is 0 Å². The second-order valence-electron chi connectivity index (χ2n) is 9.32. The smallest absolute Gasteiger partial charge is 0.224 e. The molecule has 4 aromatic rings. The summed E-state index contributed by atoms with van der Waals surface area (Å²) in [4.78, 5) is 11.0. The van der Waals surface area contributed by atoms with E-state index < -0.39 is 0 Å². The van der Waals surface area contributed by atoms with Gasteiger partial charge in [-0.1, -0.05) is 24.3 Å². The Bertz CT molecular complexity index is 1240. The van der Waals surface area contributed by atoms with Crippen LogP contribution in [-0.4, -0.2) is 40.7 Å². The fourth-order valence-electron chi connectivity index (χ4n) is 5.11. The van der Waals surface area contributed by atoms with Gasteiger partial charge in [0.15, 0.2) is 0 Å². The Hall–Kier alpha value is -3.12. The van der Waals surface area contributed by atoms with Crippen LogP contribution in [0.25, 0.3) is 21.8 Å². The van der Waals surface area contributed by atoms with Gasteiger partial charge < -0.3 is 20.1 Å². The van der Waals surface area contributed by atoms with E-state index >= 15 is 0 Å². The topological polar surface area (TPSA) is 58.0 Å². The zero-order chi connectivity index (χ0) is 22.8. The predicted molar refractivity (Wildman–Crippen MR) is 138 cm³/mol. The van der Waals surface area contributed by atoms with Gasteiger partial charge in [-0.25, -0.2) is 4.98 Å². The zero-order valence-corrected chi connectivity index (χ0v) is 19.9. The van der Waals surface area contributed by atoms with Crippen LogP contribution in [0, 0.1) is 0 Å². The van der Waals surface area contributed by atoms with E-state index in [1.165, 1.54) is 40.2 Å². The quantitative estimate of drug-likeness (QED) is 0.413. The molecule has 2 heterocycles. The minimum Gasteiger partial charge on any atom is -0.363 e. The molecule has 2 aromatic heterocycles. The van der Waals surface area contributed by atoms with Gasteiger partial charge in [-0.05, 0) is 62.4 Å². The van der Waals surface area contributed by atoms with Gasteiger partial charge in [0.05, 0.1) is 0 Å².